The van der Waals surface area contributed by atoms with Crippen LogP contribution in [0.1, 0.15) is 11.1 Å². The summed E-state index contributed by atoms with van der Waals surface area (Å²) in [7, 11) is 0. The molecule has 2 rings (SSSR count). The third-order valence-electron chi connectivity index (χ3n) is 3.18. The van der Waals surface area contributed by atoms with Gasteiger partial charge >= 0.3 is 5.97 Å². The van der Waals surface area contributed by atoms with E-state index in [4.69, 9.17) is 4.84 Å². The molecular weight excluding hydrogens is 314 g/mol. The Morgan fingerprint density at radius 1 is 0.920 bits per heavy atom. The van der Waals surface area contributed by atoms with E-state index in [0.717, 1.165) is 0 Å². The van der Waals surface area contributed by atoms with Gasteiger partial charge in [0.05, 0.1) is 5.87 Å². The molecule has 0 radical (unpaired) electrons. The summed E-state index contributed by atoms with van der Waals surface area (Å²) in [5.41, 5.74) is 10.6. The molecule has 0 aromatic heterocycles. The molecule has 0 aliphatic carbocycles. The van der Waals surface area contributed by atoms with Crippen LogP contribution in [-0.2, 0) is 15.2 Å². The second-order valence-corrected chi connectivity index (χ2v) is 4.70. The molecule has 0 aliphatic heterocycles. The van der Waals surface area contributed by atoms with Gasteiger partial charge in [0.25, 0.3) is 0 Å². The van der Waals surface area contributed by atoms with Crippen molar-refractivity contribution in [1.82, 2.24) is 0 Å². The molecule has 0 spiro atoms. The molecule has 1 N–H and O–H groups in total. The van der Waals surface area contributed by atoms with Crippen molar-refractivity contribution < 1.29 is 14.7 Å². The first-order valence-electron chi connectivity index (χ1n) is 7.21. The molecule has 0 atom stereocenters. The fourth-order valence-corrected chi connectivity index (χ4v) is 2.05. The van der Waals surface area contributed by atoms with Gasteiger partial charge in [0.1, 0.15) is 0 Å². The van der Waals surface area contributed by atoms with Crippen molar-refractivity contribution in [2.24, 2.45) is 5.16 Å². The second kappa shape index (κ2) is 8.75. The molecule has 2 aromatic rings. The summed E-state index contributed by atoms with van der Waals surface area (Å²) in [5, 5.41) is 14.4. The summed E-state index contributed by atoms with van der Waals surface area (Å²) in [4.78, 5) is 17.3. The Hall–Kier alpha value is -3.78. The monoisotopic (exact) mass is 327 g/mol. The molecule has 4 nitrogen and oxygen atoms in total. The van der Waals surface area contributed by atoms with Crippen molar-refractivity contribution in [2.45, 2.75) is 5.60 Å². The molecular formula is C21H13NO3. The summed E-state index contributed by atoms with van der Waals surface area (Å²) in [5.74, 6) is 1.24. The molecule has 0 heterocycles. The van der Waals surface area contributed by atoms with Gasteiger partial charge in [-0.05, 0) is 34.3 Å². The lowest BCUT2D eigenvalue weighted by Gasteiger charge is -2.25. The number of carbonyl (C=O) groups excluding carboxylic acids is 1. The summed E-state index contributed by atoms with van der Waals surface area (Å²) in [6, 6.07) is 16.9. The zero-order chi connectivity index (χ0) is 18.0. The van der Waals surface area contributed by atoms with E-state index >= 15 is 0 Å². The van der Waals surface area contributed by atoms with Gasteiger partial charge in [-0.1, -0.05) is 66.4 Å². The van der Waals surface area contributed by atoms with Crippen LogP contribution in [0.2, 0.25) is 0 Å². The van der Waals surface area contributed by atoms with Gasteiger partial charge in [-0.3, -0.25) is 0 Å². The molecule has 0 fully saturated rings. The average Bonchev–Trinajstić information content (AvgIpc) is 2.67. The van der Waals surface area contributed by atoms with E-state index in [1.54, 1.807) is 60.7 Å². The standard InChI is InChI=1S/C21H13NO3/c1-2-3-4-5-12-17-22-25-20(23)21(24,18-13-8-6-9-14-18)19-15-10-7-11-16-19/h6-11,13-16,24H,1H2. The Kier molecular flexibility index (Phi) is 6.15. The van der Waals surface area contributed by atoms with E-state index < -0.39 is 11.6 Å². The van der Waals surface area contributed by atoms with Crippen LogP contribution >= 0.6 is 0 Å². The number of nitrogens with zero attached hydrogens (tertiary/aromatic N) is 1. The molecule has 0 unspecified atom stereocenters. The van der Waals surface area contributed by atoms with Gasteiger partial charge in [0.2, 0.25) is 5.60 Å². The second-order valence-electron chi connectivity index (χ2n) is 4.70. The van der Waals surface area contributed by atoms with Crippen LogP contribution in [-0.4, -0.2) is 16.9 Å². The third kappa shape index (κ3) is 4.36. The first-order valence-corrected chi connectivity index (χ1v) is 7.21. The van der Waals surface area contributed by atoms with Crippen LogP contribution in [0, 0.1) is 0 Å². The van der Waals surface area contributed by atoms with Crippen molar-refractivity contribution in [3.05, 3.63) is 107 Å². The SMILES string of the molecule is C=C=C=C=C=C=C=NOC(=O)C(O)(c1ccccc1)c1ccccc1. The Morgan fingerprint density at radius 3 is 1.96 bits per heavy atom. The lowest BCUT2D eigenvalue weighted by Crippen LogP contribution is -2.37. The first-order chi connectivity index (χ1) is 12.2. The van der Waals surface area contributed by atoms with Crippen LogP contribution < -0.4 is 0 Å². The predicted molar refractivity (Wildman–Crippen MR) is 92.6 cm³/mol. The van der Waals surface area contributed by atoms with E-state index in [-0.39, 0.29) is 0 Å². The van der Waals surface area contributed by atoms with Gasteiger partial charge in [-0.15, -0.1) is 0 Å². The summed E-state index contributed by atoms with van der Waals surface area (Å²) < 4.78 is 0. The molecule has 0 saturated heterocycles. The highest BCUT2D eigenvalue weighted by Crippen LogP contribution is 2.30. The molecule has 4 heteroatoms. The smallest absolute Gasteiger partial charge is 0.370 e. The number of hydrogen-bond donors (Lipinski definition) is 1. The van der Waals surface area contributed by atoms with Crippen LogP contribution in [0.4, 0.5) is 0 Å². The van der Waals surface area contributed by atoms with Crippen molar-refractivity contribution in [3.63, 3.8) is 0 Å². The van der Waals surface area contributed by atoms with Crippen molar-refractivity contribution >= 4 is 11.8 Å². The topological polar surface area (TPSA) is 58.9 Å². The Bertz CT molecular complexity index is 932. The Labute approximate surface area is 145 Å². The Morgan fingerprint density at radius 2 is 1.44 bits per heavy atom. The fraction of sp³-hybridized carbons (Fsp3) is 0.0476. The highest BCUT2D eigenvalue weighted by molar-refractivity contribution is 5.85. The molecule has 2 aromatic carbocycles. The number of rotatable bonds is 4. The fourth-order valence-electron chi connectivity index (χ4n) is 2.05. The molecule has 0 aliphatic rings. The number of hydrogen-bond acceptors (Lipinski definition) is 4. The highest BCUT2D eigenvalue weighted by Gasteiger charge is 2.42. The quantitative estimate of drug-likeness (QED) is 0.406. The van der Waals surface area contributed by atoms with Crippen molar-refractivity contribution in [3.8, 4) is 0 Å². The van der Waals surface area contributed by atoms with Crippen LogP contribution in [0.15, 0.2) is 101 Å². The predicted octanol–water partition coefficient (Wildman–Crippen LogP) is 3.01. The van der Waals surface area contributed by atoms with Gasteiger partial charge in [-0.2, -0.15) is 0 Å². The van der Waals surface area contributed by atoms with E-state index in [2.05, 4.69) is 46.3 Å². The number of carbonyl (C=O) groups is 1. The summed E-state index contributed by atoms with van der Waals surface area (Å²) in [6.45, 7) is 3.30. The maximum atomic E-state index is 12.5. The van der Waals surface area contributed by atoms with E-state index in [1.165, 1.54) is 0 Å². The van der Waals surface area contributed by atoms with Crippen LogP contribution in [0.5, 0.6) is 0 Å². The maximum Gasteiger partial charge on any atom is 0.376 e. The Balaban J connectivity index is 2.42. The van der Waals surface area contributed by atoms with Gasteiger partial charge in [-0.25, -0.2) is 4.79 Å². The first kappa shape index (κ1) is 17.6. The lowest BCUT2D eigenvalue weighted by atomic mass is 9.86. The highest BCUT2D eigenvalue weighted by atomic mass is 16.7. The minimum absolute atomic E-state index is 0.361. The van der Waals surface area contributed by atoms with Crippen LogP contribution in [0.25, 0.3) is 0 Å². The molecule has 0 saturated carbocycles. The average molecular weight is 327 g/mol. The lowest BCUT2D eigenvalue weighted by molar-refractivity contribution is -0.162. The number of benzene rings is 2. The van der Waals surface area contributed by atoms with E-state index in [9.17, 15) is 9.90 Å². The number of aliphatic hydroxyl groups is 1. The third-order valence-corrected chi connectivity index (χ3v) is 3.18. The molecule has 0 amide bonds. The van der Waals surface area contributed by atoms with Crippen molar-refractivity contribution in [2.75, 3.05) is 0 Å². The van der Waals surface area contributed by atoms with Gasteiger partial charge in [0.15, 0.2) is 0 Å². The van der Waals surface area contributed by atoms with Crippen LogP contribution in [0.3, 0.4) is 0 Å². The normalized spacial score (nSPS) is 9.16. The minimum Gasteiger partial charge on any atom is -0.370 e. The zero-order valence-corrected chi connectivity index (χ0v) is 13.2. The molecule has 0 bridgehead atoms. The maximum absolute atomic E-state index is 12.5. The minimum atomic E-state index is -2.00. The van der Waals surface area contributed by atoms with E-state index in [1.807, 2.05) is 0 Å². The zero-order valence-electron chi connectivity index (χ0n) is 13.2. The molecule has 120 valence electrons. The summed E-state index contributed by atoms with van der Waals surface area (Å²) in [6.07, 6.45) is 0. The van der Waals surface area contributed by atoms with Crippen molar-refractivity contribution in [1.29, 1.82) is 0 Å². The van der Waals surface area contributed by atoms with E-state index in [0.29, 0.717) is 11.1 Å². The molecule has 25 heavy (non-hydrogen) atoms. The van der Waals surface area contributed by atoms with Gasteiger partial charge in [0, 0.05) is 11.5 Å². The largest absolute Gasteiger partial charge is 0.376 e. The van der Waals surface area contributed by atoms with Gasteiger partial charge < -0.3 is 9.94 Å². The summed E-state index contributed by atoms with van der Waals surface area (Å²) >= 11 is 0.